The first-order valence-corrected chi connectivity index (χ1v) is 6.90. The standard InChI is InChI=1S/C16H19FN2O2/c1-3-21-10-16(2,5-6-18)15(20)12-8-11-4-7-19-14(11)13(17)9-12/h4,6-9,18-19H,3,5,10H2,1-2H3. The van der Waals surface area contributed by atoms with E-state index in [9.17, 15) is 9.18 Å². The molecule has 0 bridgehead atoms. The number of ketones is 1. The van der Waals surface area contributed by atoms with E-state index in [0.717, 1.165) is 0 Å². The molecule has 0 saturated heterocycles. The third kappa shape index (κ3) is 3.03. The first-order chi connectivity index (χ1) is 10.0. The highest BCUT2D eigenvalue weighted by Crippen LogP contribution is 2.29. The minimum Gasteiger partial charge on any atom is -0.381 e. The van der Waals surface area contributed by atoms with Crippen LogP contribution in [0.3, 0.4) is 0 Å². The Morgan fingerprint density at radius 1 is 1.52 bits per heavy atom. The molecule has 1 aromatic heterocycles. The molecule has 0 amide bonds. The SMILES string of the molecule is CCOCC(C)(CC=N)C(=O)c1cc(F)c2[nH]ccc2c1. The number of halogens is 1. The number of carbonyl (C=O) groups is 1. The number of aromatic nitrogens is 1. The highest BCUT2D eigenvalue weighted by Gasteiger charge is 2.33. The number of hydrogen-bond acceptors (Lipinski definition) is 3. The van der Waals surface area contributed by atoms with E-state index >= 15 is 0 Å². The maximum atomic E-state index is 14.0. The second-order valence-corrected chi connectivity index (χ2v) is 5.34. The van der Waals surface area contributed by atoms with Gasteiger partial charge in [-0.2, -0.15) is 0 Å². The number of benzene rings is 1. The Labute approximate surface area is 122 Å². The zero-order chi connectivity index (χ0) is 15.5. The van der Waals surface area contributed by atoms with Gasteiger partial charge < -0.3 is 15.1 Å². The first kappa shape index (κ1) is 15.4. The first-order valence-electron chi connectivity index (χ1n) is 6.90. The van der Waals surface area contributed by atoms with Crippen molar-refractivity contribution in [2.75, 3.05) is 13.2 Å². The van der Waals surface area contributed by atoms with E-state index in [0.29, 0.717) is 23.1 Å². The summed E-state index contributed by atoms with van der Waals surface area (Å²) in [4.78, 5) is 15.5. The molecule has 0 spiro atoms. The zero-order valence-electron chi connectivity index (χ0n) is 12.2. The van der Waals surface area contributed by atoms with Crippen LogP contribution in [0.25, 0.3) is 10.9 Å². The van der Waals surface area contributed by atoms with Gasteiger partial charge in [-0.1, -0.05) is 0 Å². The molecule has 1 atom stereocenters. The van der Waals surface area contributed by atoms with E-state index in [1.807, 2.05) is 6.92 Å². The van der Waals surface area contributed by atoms with Crippen LogP contribution in [0.15, 0.2) is 24.4 Å². The second-order valence-electron chi connectivity index (χ2n) is 5.34. The third-order valence-electron chi connectivity index (χ3n) is 3.60. The van der Waals surface area contributed by atoms with Crippen LogP contribution in [0.2, 0.25) is 0 Å². The molecular weight excluding hydrogens is 271 g/mol. The van der Waals surface area contributed by atoms with Gasteiger partial charge in [0, 0.05) is 23.8 Å². The Morgan fingerprint density at radius 2 is 2.29 bits per heavy atom. The van der Waals surface area contributed by atoms with Gasteiger partial charge in [-0.25, -0.2) is 4.39 Å². The molecule has 0 aliphatic rings. The van der Waals surface area contributed by atoms with Gasteiger partial charge in [0.15, 0.2) is 5.78 Å². The van der Waals surface area contributed by atoms with E-state index in [4.69, 9.17) is 10.1 Å². The van der Waals surface area contributed by atoms with Crippen LogP contribution in [0.1, 0.15) is 30.6 Å². The minimum absolute atomic E-state index is 0.207. The quantitative estimate of drug-likeness (QED) is 0.604. The van der Waals surface area contributed by atoms with Crippen LogP contribution in [-0.4, -0.2) is 30.2 Å². The molecule has 1 aromatic carbocycles. The molecule has 5 heteroatoms. The van der Waals surface area contributed by atoms with Gasteiger partial charge in [0.25, 0.3) is 0 Å². The lowest BCUT2D eigenvalue weighted by atomic mass is 9.80. The maximum absolute atomic E-state index is 14.0. The highest BCUT2D eigenvalue weighted by molar-refractivity contribution is 6.04. The molecule has 1 heterocycles. The molecule has 4 nitrogen and oxygen atoms in total. The Kier molecular flexibility index (Phi) is 4.53. The van der Waals surface area contributed by atoms with Crippen molar-refractivity contribution in [3.8, 4) is 0 Å². The van der Waals surface area contributed by atoms with E-state index in [-0.39, 0.29) is 18.8 Å². The van der Waals surface area contributed by atoms with Gasteiger partial charge in [0.1, 0.15) is 5.82 Å². The number of aromatic amines is 1. The summed E-state index contributed by atoms with van der Waals surface area (Å²) >= 11 is 0. The molecule has 112 valence electrons. The predicted molar refractivity (Wildman–Crippen MR) is 80.6 cm³/mol. The maximum Gasteiger partial charge on any atom is 0.171 e. The Balaban J connectivity index is 2.40. The molecule has 1 unspecified atom stereocenters. The number of rotatable bonds is 7. The smallest absolute Gasteiger partial charge is 0.171 e. The molecule has 0 aliphatic carbocycles. The van der Waals surface area contributed by atoms with Crippen LogP contribution in [0, 0.1) is 16.6 Å². The Morgan fingerprint density at radius 3 is 2.95 bits per heavy atom. The summed E-state index contributed by atoms with van der Waals surface area (Å²) in [5, 5.41) is 7.95. The largest absolute Gasteiger partial charge is 0.381 e. The summed E-state index contributed by atoms with van der Waals surface area (Å²) < 4.78 is 19.4. The van der Waals surface area contributed by atoms with Crippen LogP contribution >= 0.6 is 0 Å². The van der Waals surface area contributed by atoms with Crippen molar-refractivity contribution in [3.63, 3.8) is 0 Å². The summed E-state index contributed by atoms with van der Waals surface area (Å²) in [6.45, 7) is 4.30. The fraction of sp³-hybridized carbons (Fsp3) is 0.375. The van der Waals surface area contributed by atoms with Crippen molar-refractivity contribution in [2.24, 2.45) is 5.41 Å². The lowest BCUT2D eigenvalue weighted by Gasteiger charge is -2.26. The number of H-pyrrole nitrogens is 1. The summed E-state index contributed by atoms with van der Waals surface area (Å²) in [7, 11) is 0. The van der Waals surface area contributed by atoms with Gasteiger partial charge >= 0.3 is 0 Å². The van der Waals surface area contributed by atoms with E-state index in [1.165, 1.54) is 12.3 Å². The van der Waals surface area contributed by atoms with Crippen molar-refractivity contribution in [1.29, 1.82) is 5.41 Å². The molecular formula is C16H19FN2O2. The van der Waals surface area contributed by atoms with Crippen molar-refractivity contribution < 1.29 is 13.9 Å². The molecule has 2 rings (SSSR count). The fourth-order valence-corrected chi connectivity index (χ4v) is 2.38. The topological polar surface area (TPSA) is 65.9 Å². The summed E-state index contributed by atoms with van der Waals surface area (Å²) in [5.41, 5.74) is -0.150. The average molecular weight is 290 g/mol. The minimum atomic E-state index is -0.853. The Bertz CT molecular complexity index is 665. The average Bonchev–Trinajstić information content (AvgIpc) is 2.93. The normalized spacial score (nSPS) is 14.0. The van der Waals surface area contributed by atoms with Gasteiger partial charge in [-0.05, 0) is 44.7 Å². The molecule has 21 heavy (non-hydrogen) atoms. The van der Waals surface area contributed by atoms with Crippen LogP contribution in [-0.2, 0) is 4.74 Å². The predicted octanol–water partition coefficient (Wildman–Crippen LogP) is 3.57. The molecule has 2 N–H and O–H groups in total. The van der Waals surface area contributed by atoms with Gasteiger partial charge in [0.05, 0.1) is 17.5 Å². The number of nitrogens with one attached hydrogen (secondary N) is 2. The molecule has 0 radical (unpaired) electrons. The number of Topliss-reactive ketones (excluding diaryl/α,β-unsaturated/α-hetero) is 1. The number of hydrogen-bond donors (Lipinski definition) is 2. The molecule has 0 aliphatic heterocycles. The van der Waals surface area contributed by atoms with E-state index in [1.54, 1.807) is 25.3 Å². The number of fused-ring (bicyclic) bond motifs is 1. The molecule has 2 aromatic rings. The van der Waals surface area contributed by atoms with Gasteiger partial charge in [-0.3, -0.25) is 4.79 Å². The van der Waals surface area contributed by atoms with Gasteiger partial charge in [-0.15, -0.1) is 0 Å². The lowest BCUT2D eigenvalue weighted by molar-refractivity contribution is 0.0487. The number of ether oxygens (including phenoxy) is 1. The van der Waals surface area contributed by atoms with Crippen LogP contribution in [0.5, 0.6) is 0 Å². The molecule has 0 saturated carbocycles. The lowest BCUT2D eigenvalue weighted by Crippen LogP contribution is -2.33. The van der Waals surface area contributed by atoms with Crippen LogP contribution < -0.4 is 0 Å². The highest BCUT2D eigenvalue weighted by atomic mass is 19.1. The summed E-state index contributed by atoms with van der Waals surface area (Å²) in [6, 6.07) is 4.65. The van der Waals surface area contributed by atoms with E-state index < -0.39 is 11.2 Å². The third-order valence-corrected chi connectivity index (χ3v) is 3.60. The summed E-state index contributed by atoms with van der Waals surface area (Å²) in [5.74, 6) is -0.657. The summed E-state index contributed by atoms with van der Waals surface area (Å²) in [6.07, 6.45) is 3.10. The van der Waals surface area contributed by atoms with E-state index in [2.05, 4.69) is 4.98 Å². The van der Waals surface area contributed by atoms with Crippen molar-refractivity contribution in [2.45, 2.75) is 20.3 Å². The zero-order valence-corrected chi connectivity index (χ0v) is 12.2. The second kappa shape index (κ2) is 6.18. The van der Waals surface area contributed by atoms with Crippen molar-refractivity contribution in [3.05, 3.63) is 35.8 Å². The van der Waals surface area contributed by atoms with Gasteiger partial charge in [0.2, 0.25) is 0 Å². The van der Waals surface area contributed by atoms with Crippen molar-refractivity contribution in [1.82, 2.24) is 4.98 Å². The monoisotopic (exact) mass is 290 g/mol. The Hall–Kier alpha value is -2.01. The fourth-order valence-electron chi connectivity index (χ4n) is 2.38. The van der Waals surface area contributed by atoms with Crippen LogP contribution in [0.4, 0.5) is 4.39 Å². The number of carbonyl (C=O) groups excluding carboxylic acids is 1. The van der Waals surface area contributed by atoms with Crippen molar-refractivity contribution >= 4 is 22.9 Å². The molecule has 0 fully saturated rings.